The van der Waals surface area contributed by atoms with Gasteiger partial charge in [-0.15, -0.1) is 23.5 Å². The summed E-state index contributed by atoms with van der Waals surface area (Å²) in [6, 6.07) is 0. The number of aliphatic hydroxyl groups excluding tert-OH is 2. The van der Waals surface area contributed by atoms with Gasteiger partial charge in [0.1, 0.15) is 10.9 Å². The van der Waals surface area contributed by atoms with Gasteiger partial charge in [-0.2, -0.15) is 0 Å². The number of hydrogen-bond acceptors (Lipinski definition) is 5. The summed E-state index contributed by atoms with van der Waals surface area (Å²) >= 11 is 3.22. The van der Waals surface area contributed by atoms with Crippen molar-refractivity contribution in [2.24, 2.45) is 11.8 Å². The molecule has 0 spiro atoms. The van der Waals surface area contributed by atoms with Crippen LogP contribution in [0.5, 0.6) is 0 Å². The fourth-order valence-corrected chi connectivity index (χ4v) is 4.27. The molecule has 0 aromatic carbocycles. The molecular formula is C10H18O3S2. The predicted molar refractivity (Wildman–Crippen MR) is 64.0 cm³/mol. The Labute approximate surface area is 99.0 Å². The van der Waals surface area contributed by atoms with Crippen LogP contribution in [0.2, 0.25) is 0 Å². The van der Waals surface area contributed by atoms with E-state index in [9.17, 15) is 10.2 Å². The van der Waals surface area contributed by atoms with Crippen LogP contribution in [0.4, 0.5) is 0 Å². The molecule has 2 saturated heterocycles. The third-order valence-electron chi connectivity index (χ3n) is 3.02. The zero-order chi connectivity index (χ0) is 10.7. The van der Waals surface area contributed by atoms with E-state index in [4.69, 9.17) is 4.74 Å². The van der Waals surface area contributed by atoms with Crippen LogP contribution in [0, 0.1) is 11.8 Å². The maximum Gasteiger partial charge on any atom is 0.104 e. The van der Waals surface area contributed by atoms with E-state index >= 15 is 0 Å². The lowest BCUT2D eigenvalue weighted by Gasteiger charge is -2.17. The van der Waals surface area contributed by atoms with E-state index in [-0.39, 0.29) is 10.9 Å². The summed E-state index contributed by atoms with van der Waals surface area (Å²) in [4.78, 5) is 0. The molecular weight excluding hydrogens is 232 g/mol. The Morgan fingerprint density at radius 3 is 1.73 bits per heavy atom. The molecule has 3 nitrogen and oxygen atoms in total. The molecule has 0 radical (unpaired) electrons. The first-order chi connectivity index (χ1) is 7.27. The minimum atomic E-state index is -0.243. The van der Waals surface area contributed by atoms with Gasteiger partial charge < -0.3 is 14.9 Å². The van der Waals surface area contributed by atoms with Crippen molar-refractivity contribution >= 4 is 23.5 Å². The summed E-state index contributed by atoms with van der Waals surface area (Å²) in [6.45, 7) is 1.28. The van der Waals surface area contributed by atoms with Crippen molar-refractivity contribution in [2.45, 2.75) is 23.7 Å². The van der Waals surface area contributed by atoms with E-state index in [0.29, 0.717) is 25.0 Å². The van der Waals surface area contributed by atoms with Gasteiger partial charge in [0, 0.05) is 11.8 Å². The molecule has 15 heavy (non-hydrogen) atoms. The van der Waals surface area contributed by atoms with Crippen molar-refractivity contribution in [3.63, 3.8) is 0 Å². The third-order valence-corrected chi connectivity index (χ3v) is 5.42. The first-order valence-electron chi connectivity index (χ1n) is 5.44. The first kappa shape index (κ1) is 12.0. The summed E-state index contributed by atoms with van der Waals surface area (Å²) in [7, 11) is 0. The summed E-state index contributed by atoms with van der Waals surface area (Å²) in [5.74, 6) is 2.66. The molecule has 2 N–H and O–H groups in total. The molecule has 2 heterocycles. The molecule has 5 heteroatoms. The lowest BCUT2D eigenvalue weighted by atomic mass is 10.1. The molecule has 88 valence electrons. The molecule has 2 aliphatic rings. The van der Waals surface area contributed by atoms with Gasteiger partial charge in [0.05, 0.1) is 13.2 Å². The Kier molecular flexibility index (Phi) is 4.64. The molecule has 0 aromatic rings. The SMILES string of the molecule is OC1SCCC1COCC1CCSC1O. The molecule has 0 aromatic heterocycles. The van der Waals surface area contributed by atoms with Crippen LogP contribution < -0.4 is 0 Å². The van der Waals surface area contributed by atoms with Crippen molar-refractivity contribution in [1.29, 1.82) is 0 Å². The molecule has 2 rings (SSSR count). The van der Waals surface area contributed by atoms with E-state index in [0.717, 1.165) is 24.3 Å². The van der Waals surface area contributed by atoms with Gasteiger partial charge in [-0.3, -0.25) is 0 Å². The minimum absolute atomic E-state index is 0.243. The largest absolute Gasteiger partial charge is 0.382 e. The molecule has 2 fully saturated rings. The van der Waals surface area contributed by atoms with Crippen LogP contribution in [0.3, 0.4) is 0 Å². The highest BCUT2D eigenvalue weighted by Crippen LogP contribution is 2.32. The van der Waals surface area contributed by atoms with E-state index in [1.807, 2.05) is 0 Å². The van der Waals surface area contributed by atoms with E-state index in [1.54, 1.807) is 23.5 Å². The second kappa shape index (κ2) is 5.77. The maximum absolute atomic E-state index is 9.56. The number of aliphatic hydroxyl groups is 2. The standard InChI is InChI=1S/C10H18O3S2/c11-9-7(1-3-14-9)5-13-6-8-2-4-15-10(8)12/h7-12H,1-6H2. The normalized spacial score (nSPS) is 41.2. The first-order valence-corrected chi connectivity index (χ1v) is 7.54. The van der Waals surface area contributed by atoms with Crippen LogP contribution in [-0.2, 0) is 4.74 Å². The maximum atomic E-state index is 9.56. The number of thioether (sulfide) groups is 2. The van der Waals surface area contributed by atoms with E-state index < -0.39 is 0 Å². The fraction of sp³-hybridized carbons (Fsp3) is 1.00. The van der Waals surface area contributed by atoms with Crippen LogP contribution >= 0.6 is 23.5 Å². The van der Waals surface area contributed by atoms with Crippen molar-refractivity contribution in [1.82, 2.24) is 0 Å². The van der Waals surface area contributed by atoms with Crippen LogP contribution in [0.1, 0.15) is 12.8 Å². The Hall–Kier alpha value is 0.580. The quantitative estimate of drug-likeness (QED) is 0.784. The zero-order valence-electron chi connectivity index (χ0n) is 8.67. The minimum Gasteiger partial charge on any atom is -0.382 e. The Morgan fingerprint density at radius 1 is 0.933 bits per heavy atom. The highest BCUT2D eigenvalue weighted by molar-refractivity contribution is 8.00. The zero-order valence-corrected chi connectivity index (χ0v) is 10.3. The molecule has 2 aliphatic heterocycles. The van der Waals surface area contributed by atoms with Crippen molar-refractivity contribution in [3.05, 3.63) is 0 Å². The lowest BCUT2D eigenvalue weighted by Crippen LogP contribution is -2.22. The van der Waals surface area contributed by atoms with Gasteiger partial charge in [0.15, 0.2) is 0 Å². The highest BCUT2D eigenvalue weighted by atomic mass is 32.2. The van der Waals surface area contributed by atoms with Crippen LogP contribution in [0.25, 0.3) is 0 Å². The highest BCUT2D eigenvalue weighted by Gasteiger charge is 2.28. The molecule has 0 amide bonds. The van der Waals surface area contributed by atoms with Gasteiger partial charge >= 0.3 is 0 Å². The topological polar surface area (TPSA) is 49.7 Å². The second-order valence-corrected chi connectivity index (χ2v) is 6.61. The Balaban J connectivity index is 1.62. The number of hydrogen-bond donors (Lipinski definition) is 2. The Morgan fingerprint density at radius 2 is 1.40 bits per heavy atom. The Bertz CT molecular complexity index is 183. The van der Waals surface area contributed by atoms with Crippen LogP contribution in [-0.4, -0.2) is 45.8 Å². The summed E-state index contributed by atoms with van der Waals surface area (Å²) in [5.41, 5.74) is -0.485. The van der Waals surface area contributed by atoms with Gasteiger partial charge in [0.2, 0.25) is 0 Å². The van der Waals surface area contributed by atoms with Crippen molar-refractivity contribution in [3.8, 4) is 0 Å². The average Bonchev–Trinajstić information content (AvgIpc) is 2.78. The third kappa shape index (κ3) is 3.27. The molecule has 0 saturated carbocycles. The van der Waals surface area contributed by atoms with E-state index in [1.165, 1.54) is 0 Å². The molecule has 0 aliphatic carbocycles. The van der Waals surface area contributed by atoms with Crippen molar-refractivity contribution in [2.75, 3.05) is 24.7 Å². The van der Waals surface area contributed by atoms with E-state index in [2.05, 4.69) is 0 Å². The molecule has 0 bridgehead atoms. The smallest absolute Gasteiger partial charge is 0.104 e. The lowest BCUT2D eigenvalue weighted by molar-refractivity contribution is 0.0286. The molecule has 4 atom stereocenters. The monoisotopic (exact) mass is 250 g/mol. The molecule has 4 unspecified atom stereocenters. The second-order valence-electron chi connectivity index (χ2n) is 4.16. The summed E-state index contributed by atoms with van der Waals surface area (Å²) in [5, 5.41) is 19.1. The summed E-state index contributed by atoms with van der Waals surface area (Å²) in [6.07, 6.45) is 2.10. The van der Waals surface area contributed by atoms with Gasteiger partial charge in [-0.05, 0) is 24.3 Å². The van der Waals surface area contributed by atoms with Crippen molar-refractivity contribution < 1.29 is 14.9 Å². The van der Waals surface area contributed by atoms with Gasteiger partial charge in [0.25, 0.3) is 0 Å². The summed E-state index contributed by atoms with van der Waals surface area (Å²) < 4.78 is 5.60. The van der Waals surface area contributed by atoms with Crippen LogP contribution in [0.15, 0.2) is 0 Å². The number of rotatable bonds is 4. The van der Waals surface area contributed by atoms with Gasteiger partial charge in [-0.1, -0.05) is 0 Å². The van der Waals surface area contributed by atoms with Gasteiger partial charge in [-0.25, -0.2) is 0 Å². The fourth-order valence-electron chi connectivity index (χ4n) is 1.94. The number of ether oxygens (including phenoxy) is 1. The predicted octanol–water partition coefficient (Wildman–Crippen LogP) is 1.15. The average molecular weight is 250 g/mol.